The minimum Gasteiger partial charge on any atom is -0.388 e. The van der Waals surface area contributed by atoms with Crippen molar-refractivity contribution in [3.8, 4) is 0 Å². The van der Waals surface area contributed by atoms with Crippen LogP contribution in [0.15, 0.2) is 0 Å². The maximum Gasteiger partial charge on any atom is 0.222 e. The number of rotatable bonds is 7. The molecule has 0 aliphatic heterocycles. The molecule has 0 saturated heterocycles. The van der Waals surface area contributed by atoms with Gasteiger partial charge in [0.05, 0.1) is 12.2 Å². The van der Waals surface area contributed by atoms with Gasteiger partial charge in [-0.1, -0.05) is 20.3 Å². The van der Waals surface area contributed by atoms with E-state index in [0.29, 0.717) is 19.6 Å². The number of amides is 1. The minimum atomic E-state index is -0.836. The number of methoxy groups -OCH3 is 1. The summed E-state index contributed by atoms with van der Waals surface area (Å²) in [5, 5.41) is 12.7. The Hall–Kier alpha value is -0.610. The zero-order chi connectivity index (χ0) is 11.9. The first-order valence-electron chi connectivity index (χ1n) is 5.42. The minimum absolute atomic E-state index is 0.0829. The first-order chi connectivity index (χ1) is 6.94. The molecule has 2 N–H and O–H groups in total. The fraction of sp³-hybridized carbons (Fsp3) is 0.909. The second kappa shape index (κ2) is 6.80. The molecule has 0 spiro atoms. The summed E-state index contributed by atoms with van der Waals surface area (Å²) >= 11 is 0. The van der Waals surface area contributed by atoms with Crippen LogP contribution < -0.4 is 5.32 Å². The molecule has 0 aliphatic rings. The summed E-state index contributed by atoms with van der Waals surface area (Å²) in [6, 6.07) is 0. The maximum absolute atomic E-state index is 11.3. The van der Waals surface area contributed by atoms with E-state index in [1.54, 1.807) is 14.0 Å². The summed E-state index contributed by atoms with van der Waals surface area (Å²) < 4.78 is 4.79. The topological polar surface area (TPSA) is 58.6 Å². The van der Waals surface area contributed by atoms with Crippen LogP contribution in [0.3, 0.4) is 0 Å². The van der Waals surface area contributed by atoms with Crippen molar-refractivity contribution in [2.75, 3.05) is 20.3 Å². The lowest BCUT2D eigenvalue weighted by atomic mass is 9.88. The summed E-state index contributed by atoms with van der Waals surface area (Å²) in [5.41, 5.74) is -0.836. The predicted molar refractivity (Wildman–Crippen MR) is 59.6 cm³/mol. The van der Waals surface area contributed by atoms with Crippen LogP contribution in [0.25, 0.3) is 0 Å². The highest BCUT2D eigenvalue weighted by molar-refractivity contribution is 5.76. The lowest BCUT2D eigenvalue weighted by Gasteiger charge is -2.29. The number of hydrogen-bond donors (Lipinski definition) is 2. The van der Waals surface area contributed by atoms with E-state index in [-0.39, 0.29) is 11.8 Å². The van der Waals surface area contributed by atoms with Gasteiger partial charge in [0, 0.05) is 20.1 Å². The van der Waals surface area contributed by atoms with E-state index in [9.17, 15) is 9.90 Å². The molecule has 2 unspecified atom stereocenters. The fourth-order valence-corrected chi connectivity index (χ4v) is 1.17. The molecule has 0 aromatic rings. The van der Waals surface area contributed by atoms with Gasteiger partial charge in [-0.15, -0.1) is 0 Å². The molecule has 0 aliphatic carbocycles. The molecular weight excluding hydrogens is 194 g/mol. The van der Waals surface area contributed by atoms with Gasteiger partial charge < -0.3 is 15.2 Å². The van der Waals surface area contributed by atoms with E-state index < -0.39 is 5.60 Å². The van der Waals surface area contributed by atoms with Gasteiger partial charge in [0.15, 0.2) is 0 Å². The third kappa shape index (κ3) is 5.74. The molecule has 0 aromatic heterocycles. The molecule has 90 valence electrons. The molecule has 0 fully saturated rings. The lowest BCUT2D eigenvalue weighted by Crippen LogP contribution is -2.45. The Morgan fingerprint density at radius 3 is 2.67 bits per heavy atom. The van der Waals surface area contributed by atoms with E-state index in [1.807, 2.05) is 13.8 Å². The van der Waals surface area contributed by atoms with Crippen LogP contribution in [0.5, 0.6) is 0 Å². The molecule has 0 heterocycles. The van der Waals surface area contributed by atoms with Crippen molar-refractivity contribution in [3.05, 3.63) is 0 Å². The number of hydrogen-bond acceptors (Lipinski definition) is 3. The van der Waals surface area contributed by atoms with Gasteiger partial charge in [-0.25, -0.2) is 0 Å². The highest BCUT2D eigenvalue weighted by Gasteiger charge is 2.27. The van der Waals surface area contributed by atoms with Crippen LogP contribution in [0.4, 0.5) is 0 Å². The van der Waals surface area contributed by atoms with Crippen molar-refractivity contribution >= 4 is 5.91 Å². The molecule has 4 nitrogen and oxygen atoms in total. The second-order valence-corrected chi connectivity index (χ2v) is 4.19. The number of nitrogens with one attached hydrogen (secondary N) is 1. The molecule has 0 aromatic carbocycles. The number of ether oxygens (including phenoxy) is 1. The zero-order valence-corrected chi connectivity index (χ0v) is 10.2. The van der Waals surface area contributed by atoms with Gasteiger partial charge in [-0.05, 0) is 12.8 Å². The standard InChI is InChI=1S/C11H23NO3/c1-5-9(2)11(3,14)8-12-10(13)6-7-15-4/h9,14H,5-8H2,1-4H3,(H,12,13). The molecular formula is C11H23NO3. The quantitative estimate of drug-likeness (QED) is 0.667. The monoisotopic (exact) mass is 217 g/mol. The van der Waals surface area contributed by atoms with E-state index in [2.05, 4.69) is 5.32 Å². The Balaban J connectivity index is 3.87. The van der Waals surface area contributed by atoms with E-state index in [4.69, 9.17) is 4.74 Å². The van der Waals surface area contributed by atoms with Crippen LogP contribution in [0.2, 0.25) is 0 Å². The van der Waals surface area contributed by atoms with Crippen LogP contribution in [0, 0.1) is 5.92 Å². The van der Waals surface area contributed by atoms with Crippen molar-refractivity contribution in [2.45, 2.75) is 39.2 Å². The number of carbonyl (C=O) groups excluding carboxylic acids is 1. The molecule has 0 radical (unpaired) electrons. The Kier molecular flexibility index (Phi) is 6.52. The number of carbonyl (C=O) groups is 1. The summed E-state index contributed by atoms with van der Waals surface area (Å²) in [7, 11) is 1.56. The zero-order valence-electron chi connectivity index (χ0n) is 10.2. The van der Waals surface area contributed by atoms with Gasteiger partial charge in [0.25, 0.3) is 0 Å². The normalized spacial score (nSPS) is 16.9. The van der Waals surface area contributed by atoms with Gasteiger partial charge in [0.1, 0.15) is 0 Å². The average Bonchev–Trinajstić information content (AvgIpc) is 2.22. The van der Waals surface area contributed by atoms with Crippen LogP contribution in [0.1, 0.15) is 33.6 Å². The lowest BCUT2D eigenvalue weighted by molar-refractivity contribution is -0.123. The maximum atomic E-state index is 11.3. The van der Waals surface area contributed by atoms with Gasteiger partial charge in [-0.3, -0.25) is 4.79 Å². The Morgan fingerprint density at radius 2 is 2.20 bits per heavy atom. The van der Waals surface area contributed by atoms with Crippen LogP contribution in [-0.4, -0.2) is 36.9 Å². The number of aliphatic hydroxyl groups is 1. The highest BCUT2D eigenvalue weighted by atomic mass is 16.5. The fourth-order valence-electron chi connectivity index (χ4n) is 1.17. The largest absolute Gasteiger partial charge is 0.388 e. The first kappa shape index (κ1) is 14.4. The van der Waals surface area contributed by atoms with Gasteiger partial charge in [0.2, 0.25) is 5.91 Å². The van der Waals surface area contributed by atoms with Crippen LogP contribution >= 0.6 is 0 Å². The van der Waals surface area contributed by atoms with Crippen LogP contribution in [-0.2, 0) is 9.53 Å². The Morgan fingerprint density at radius 1 is 1.60 bits per heavy atom. The highest BCUT2D eigenvalue weighted by Crippen LogP contribution is 2.18. The smallest absolute Gasteiger partial charge is 0.222 e. The van der Waals surface area contributed by atoms with Crippen molar-refractivity contribution in [1.82, 2.24) is 5.32 Å². The molecule has 1 amide bonds. The first-order valence-corrected chi connectivity index (χ1v) is 5.42. The second-order valence-electron chi connectivity index (χ2n) is 4.19. The van der Waals surface area contributed by atoms with Crippen molar-refractivity contribution in [1.29, 1.82) is 0 Å². The summed E-state index contributed by atoms with van der Waals surface area (Å²) in [4.78, 5) is 11.3. The molecule has 4 heteroatoms. The van der Waals surface area contributed by atoms with Crippen molar-refractivity contribution in [2.24, 2.45) is 5.92 Å². The Bertz CT molecular complexity index is 192. The van der Waals surface area contributed by atoms with E-state index in [1.165, 1.54) is 0 Å². The van der Waals surface area contributed by atoms with Gasteiger partial charge in [-0.2, -0.15) is 0 Å². The Labute approximate surface area is 92.0 Å². The molecule has 15 heavy (non-hydrogen) atoms. The average molecular weight is 217 g/mol. The summed E-state index contributed by atoms with van der Waals surface area (Å²) in [5.74, 6) is 0.0839. The predicted octanol–water partition coefficient (Wildman–Crippen LogP) is 0.936. The summed E-state index contributed by atoms with van der Waals surface area (Å²) in [6.45, 7) is 6.45. The molecule has 0 bridgehead atoms. The van der Waals surface area contributed by atoms with E-state index >= 15 is 0 Å². The third-order valence-corrected chi connectivity index (χ3v) is 2.85. The molecule has 0 saturated carbocycles. The third-order valence-electron chi connectivity index (χ3n) is 2.85. The van der Waals surface area contributed by atoms with E-state index in [0.717, 1.165) is 6.42 Å². The van der Waals surface area contributed by atoms with Gasteiger partial charge >= 0.3 is 0 Å². The van der Waals surface area contributed by atoms with Crippen molar-refractivity contribution in [3.63, 3.8) is 0 Å². The molecule has 0 rings (SSSR count). The SMILES string of the molecule is CCC(C)C(C)(O)CNC(=O)CCOC. The summed E-state index contributed by atoms with van der Waals surface area (Å²) in [6.07, 6.45) is 1.23. The van der Waals surface area contributed by atoms with Crippen molar-refractivity contribution < 1.29 is 14.6 Å². The molecule has 2 atom stereocenters.